The molecule has 0 saturated heterocycles. The Morgan fingerprint density at radius 3 is 2.42 bits per heavy atom. The molecule has 8 heteroatoms. The Morgan fingerprint density at radius 1 is 1.25 bits per heavy atom. The van der Waals surface area contributed by atoms with E-state index in [0.29, 0.717) is 10.5 Å². The van der Waals surface area contributed by atoms with Crippen LogP contribution in [0.25, 0.3) is 0 Å². The molecule has 1 aliphatic rings. The van der Waals surface area contributed by atoms with Crippen molar-refractivity contribution in [1.82, 2.24) is 0 Å². The lowest BCUT2D eigenvalue weighted by atomic mass is 9.86. The fourth-order valence-electron chi connectivity index (χ4n) is 3.03. The number of aliphatic carboxylic acids is 1. The van der Waals surface area contributed by atoms with Gasteiger partial charge in [0.1, 0.15) is 5.82 Å². The molecule has 0 aromatic heterocycles. The van der Waals surface area contributed by atoms with Crippen molar-refractivity contribution < 1.29 is 24.2 Å². The van der Waals surface area contributed by atoms with Gasteiger partial charge in [-0.3, -0.25) is 4.90 Å². The average Bonchev–Trinajstić information content (AvgIpc) is 2.90. The first-order valence-electron chi connectivity index (χ1n) is 6.79. The molecule has 0 spiro atoms. The Labute approximate surface area is 149 Å². The lowest BCUT2D eigenvalue weighted by molar-refractivity contribution is -0.143. The number of anilines is 1. The molecule has 5 nitrogen and oxygen atoms in total. The number of hydrogen-bond donors (Lipinski definition) is 2. The Morgan fingerprint density at radius 2 is 1.88 bits per heavy atom. The van der Waals surface area contributed by atoms with Crippen molar-refractivity contribution in [3.63, 3.8) is 0 Å². The number of carboxylic acid groups (broad SMARTS) is 2. The van der Waals surface area contributed by atoms with Crippen molar-refractivity contribution >= 4 is 45.3 Å². The first-order valence-corrected chi connectivity index (χ1v) is 7.96. The molecule has 1 atom stereocenters. The minimum absolute atomic E-state index is 0.0393. The van der Waals surface area contributed by atoms with Gasteiger partial charge in [0.15, 0.2) is 5.54 Å². The molecule has 1 unspecified atom stereocenters. The van der Waals surface area contributed by atoms with Gasteiger partial charge in [-0.2, -0.15) is 0 Å². The van der Waals surface area contributed by atoms with E-state index in [1.807, 2.05) is 0 Å². The molecule has 1 heterocycles. The number of carbonyl (C=O) groups is 2. The minimum Gasteiger partial charge on any atom is -0.479 e. The smallest absolute Gasteiger partial charge is 0.413 e. The summed E-state index contributed by atoms with van der Waals surface area (Å²) in [5.41, 5.74) is -1.33. The second kappa shape index (κ2) is 5.75. The summed E-state index contributed by atoms with van der Waals surface area (Å²) in [5, 5.41) is 19.3. The second-order valence-electron chi connectivity index (χ2n) is 5.31. The third-order valence-electron chi connectivity index (χ3n) is 4.09. The zero-order chi connectivity index (χ0) is 17.6. The highest BCUT2D eigenvalue weighted by Crippen LogP contribution is 2.50. The highest BCUT2D eigenvalue weighted by molar-refractivity contribution is 9.10. The van der Waals surface area contributed by atoms with Crippen molar-refractivity contribution in [2.24, 2.45) is 0 Å². The van der Waals surface area contributed by atoms with E-state index in [1.165, 1.54) is 12.1 Å². The summed E-state index contributed by atoms with van der Waals surface area (Å²) in [7, 11) is 0. The molecule has 2 aromatic carbocycles. The first kappa shape index (κ1) is 16.7. The molecule has 3 rings (SSSR count). The number of amides is 1. The minimum atomic E-state index is -1.89. The van der Waals surface area contributed by atoms with Crippen LogP contribution in [0.1, 0.15) is 11.1 Å². The summed E-state index contributed by atoms with van der Waals surface area (Å²) >= 11 is 9.02. The van der Waals surface area contributed by atoms with E-state index in [2.05, 4.69) is 15.9 Å². The molecule has 2 aromatic rings. The van der Waals surface area contributed by atoms with E-state index in [1.54, 1.807) is 18.2 Å². The Balaban J connectivity index is 2.35. The molecular formula is C16H10BrClFNO4. The monoisotopic (exact) mass is 413 g/mol. The van der Waals surface area contributed by atoms with Crippen molar-refractivity contribution in [3.8, 4) is 0 Å². The van der Waals surface area contributed by atoms with E-state index in [9.17, 15) is 24.2 Å². The van der Waals surface area contributed by atoms with Crippen molar-refractivity contribution in [2.45, 2.75) is 12.0 Å². The predicted octanol–water partition coefficient (Wildman–Crippen LogP) is 4.26. The molecule has 0 aliphatic carbocycles. The topological polar surface area (TPSA) is 77.8 Å². The number of halogens is 3. The highest BCUT2D eigenvalue weighted by atomic mass is 79.9. The molecule has 2 N–H and O–H groups in total. The van der Waals surface area contributed by atoms with E-state index in [-0.39, 0.29) is 27.2 Å². The lowest BCUT2D eigenvalue weighted by Gasteiger charge is -2.33. The molecule has 1 amide bonds. The van der Waals surface area contributed by atoms with Gasteiger partial charge in [0.05, 0.1) is 10.7 Å². The standard InChI is InChI=1S/C16H10BrClFNO4/c17-12-9-7-16(14(21)22,8-4-2-1-3-5-8)20(15(23)24)11(9)6-10(19)13(12)18/h1-6H,7H2,(H,21,22)(H,23,24). The van der Waals surface area contributed by atoms with E-state index >= 15 is 0 Å². The summed E-state index contributed by atoms with van der Waals surface area (Å²) in [6.45, 7) is 0. The fraction of sp³-hybridized carbons (Fsp3) is 0.125. The van der Waals surface area contributed by atoms with Gasteiger partial charge in [-0.05, 0) is 33.1 Å². The molecular weight excluding hydrogens is 405 g/mol. The number of carboxylic acids is 1. The van der Waals surface area contributed by atoms with Crippen LogP contribution in [0.15, 0.2) is 40.9 Å². The molecule has 0 radical (unpaired) electrons. The Hall–Kier alpha value is -2.12. The Kier molecular flexibility index (Phi) is 4.01. The van der Waals surface area contributed by atoms with Gasteiger partial charge in [-0.15, -0.1) is 0 Å². The predicted molar refractivity (Wildman–Crippen MR) is 89.1 cm³/mol. The van der Waals surface area contributed by atoms with E-state index < -0.39 is 23.4 Å². The van der Waals surface area contributed by atoms with Crippen LogP contribution in [-0.2, 0) is 16.8 Å². The van der Waals surface area contributed by atoms with Crippen LogP contribution >= 0.6 is 27.5 Å². The SMILES string of the molecule is O=C(O)N1c2cc(F)c(Cl)c(Br)c2CC1(C(=O)O)c1ccccc1. The van der Waals surface area contributed by atoms with Crippen LogP contribution in [-0.4, -0.2) is 22.3 Å². The van der Waals surface area contributed by atoms with Gasteiger partial charge in [0, 0.05) is 10.9 Å². The van der Waals surface area contributed by atoms with Crippen molar-refractivity contribution in [1.29, 1.82) is 0 Å². The summed E-state index contributed by atoms with van der Waals surface area (Å²) in [5.74, 6) is -2.18. The fourth-order valence-corrected chi connectivity index (χ4v) is 3.74. The van der Waals surface area contributed by atoms with Crippen molar-refractivity contribution in [3.05, 3.63) is 62.8 Å². The van der Waals surface area contributed by atoms with Gasteiger partial charge >= 0.3 is 12.1 Å². The number of rotatable bonds is 2. The number of fused-ring (bicyclic) bond motifs is 1. The van der Waals surface area contributed by atoms with Gasteiger partial charge < -0.3 is 10.2 Å². The summed E-state index contributed by atoms with van der Waals surface area (Å²) in [6.07, 6.45) is -1.66. The normalized spacial score (nSPS) is 19.2. The summed E-state index contributed by atoms with van der Waals surface area (Å²) < 4.78 is 14.2. The maximum Gasteiger partial charge on any atom is 0.413 e. The zero-order valence-corrected chi connectivity index (χ0v) is 14.3. The molecule has 124 valence electrons. The van der Waals surface area contributed by atoms with Crippen molar-refractivity contribution in [2.75, 3.05) is 4.90 Å². The third-order valence-corrected chi connectivity index (χ3v) is 5.56. The molecule has 0 fully saturated rings. The average molecular weight is 415 g/mol. The molecule has 0 saturated carbocycles. The van der Waals surface area contributed by atoms with Crippen LogP contribution in [0.4, 0.5) is 14.9 Å². The third kappa shape index (κ3) is 2.19. The van der Waals surface area contributed by atoms with Gasteiger partial charge in [0.25, 0.3) is 0 Å². The first-order chi connectivity index (χ1) is 11.3. The zero-order valence-electron chi connectivity index (χ0n) is 12.0. The Bertz CT molecular complexity index is 861. The van der Waals surface area contributed by atoms with Crippen LogP contribution in [0.3, 0.4) is 0 Å². The summed E-state index contributed by atoms with van der Waals surface area (Å²) in [4.78, 5) is 24.7. The maximum atomic E-state index is 14.0. The lowest BCUT2D eigenvalue weighted by Crippen LogP contribution is -2.52. The summed E-state index contributed by atoms with van der Waals surface area (Å²) in [6, 6.07) is 8.93. The quantitative estimate of drug-likeness (QED) is 0.720. The van der Waals surface area contributed by atoms with Crippen LogP contribution in [0.5, 0.6) is 0 Å². The van der Waals surface area contributed by atoms with Gasteiger partial charge in [-0.1, -0.05) is 41.9 Å². The number of benzene rings is 2. The maximum absolute atomic E-state index is 14.0. The molecule has 1 aliphatic heterocycles. The number of nitrogens with zero attached hydrogens (tertiary/aromatic N) is 1. The van der Waals surface area contributed by atoms with Gasteiger partial charge in [-0.25, -0.2) is 14.0 Å². The van der Waals surface area contributed by atoms with Crippen LogP contribution < -0.4 is 4.90 Å². The second-order valence-corrected chi connectivity index (χ2v) is 6.48. The molecule has 0 bridgehead atoms. The number of hydrogen-bond acceptors (Lipinski definition) is 2. The largest absolute Gasteiger partial charge is 0.479 e. The van der Waals surface area contributed by atoms with Crippen LogP contribution in [0, 0.1) is 5.82 Å². The highest BCUT2D eigenvalue weighted by Gasteiger charge is 2.55. The molecule has 24 heavy (non-hydrogen) atoms. The van der Waals surface area contributed by atoms with E-state index in [4.69, 9.17) is 11.6 Å². The van der Waals surface area contributed by atoms with E-state index in [0.717, 1.165) is 6.07 Å². The van der Waals surface area contributed by atoms with Crippen LogP contribution in [0.2, 0.25) is 5.02 Å². The van der Waals surface area contributed by atoms with Gasteiger partial charge in [0.2, 0.25) is 0 Å².